The summed E-state index contributed by atoms with van der Waals surface area (Å²) in [4.78, 5) is 2.11. The van der Waals surface area contributed by atoms with Gasteiger partial charge in [-0.2, -0.15) is 0 Å². The second-order valence-electron chi connectivity index (χ2n) is 5.86. The fourth-order valence-electron chi connectivity index (χ4n) is 2.69. The molecule has 3 rings (SSSR count). The predicted molar refractivity (Wildman–Crippen MR) is 106 cm³/mol. The number of halogens is 1. The van der Waals surface area contributed by atoms with Gasteiger partial charge >= 0.3 is 150 Å². The van der Waals surface area contributed by atoms with E-state index in [0.29, 0.717) is 14.5 Å². The minimum Gasteiger partial charge on any atom is -1.00 e. The molecule has 0 radical (unpaired) electrons. The Morgan fingerprint density at radius 2 is 1.64 bits per heavy atom. The number of fused-ring (bicyclic) bond motifs is 1. The maximum Gasteiger partial charge on any atom is -1.00 e. The van der Waals surface area contributed by atoms with Crippen LogP contribution in [0.1, 0.15) is 17.1 Å². The van der Waals surface area contributed by atoms with Crippen molar-refractivity contribution < 1.29 is 28.5 Å². The molecule has 0 aliphatic heterocycles. The van der Waals surface area contributed by atoms with Crippen molar-refractivity contribution in [1.82, 2.24) is 0 Å². The van der Waals surface area contributed by atoms with E-state index in [1.807, 2.05) is 0 Å². The van der Waals surface area contributed by atoms with E-state index in [2.05, 4.69) is 103 Å². The first-order valence-corrected chi connectivity index (χ1v) is 9.94. The summed E-state index contributed by atoms with van der Waals surface area (Å²) in [6, 6.07) is 17.3. The van der Waals surface area contributed by atoms with Crippen molar-refractivity contribution in [1.29, 1.82) is 0 Å². The van der Waals surface area contributed by atoms with Crippen molar-refractivity contribution in [2.24, 2.45) is 0 Å². The Balaban J connectivity index is 0.00000225. The standard InChI is InChI=1S/C21H23N2Se.HI/c1-4-23-19-10-6-7-11-20(19)24-21(23)12-8-5-9-17-13-15-18(16-14-17)22(2)3;/h5-16H,4H2,1-3H3;1H/q+1;/p-1. The molecule has 0 atom stereocenters. The van der Waals surface area contributed by atoms with Crippen molar-refractivity contribution in [2.45, 2.75) is 13.5 Å². The molecule has 2 nitrogen and oxygen atoms in total. The quantitative estimate of drug-likeness (QED) is 0.216. The molecule has 0 aliphatic rings. The van der Waals surface area contributed by atoms with Gasteiger partial charge in [-0.1, -0.05) is 0 Å². The number of nitrogens with zero attached hydrogens (tertiary/aromatic N) is 2. The predicted octanol–water partition coefficient (Wildman–Crippen LogP) is 1.00. The van der Waals surface area contributed by atoms with Crippen LogP contribution in [-0.4, -0.2) is 28.6 Å². The van der Waals surface area contributed by atoms with Gasteiger partial charge in [-0.05, 0) is 0 Å². The summed E-state index contributed by atoms with van der Waals surface area (Å²) in [5.41, 5.74) is 3.83. The minimum atomic E-state index is 0. The van der Waals surface area contributed by atoms with E-state index in [4.69, 9.17) is 0 Å². The second kappa shape index (κ2) is 9.37. The zero-order valence-corrected chi connectivity index (χ0v) is 18.7. The summed E-state index contributed by atoms with van der Waals surface area (Å²) >= 11 is 0.407. The number of anilines is 1. The van der Waals surface area contributed by atoms with Gasteiger partial charge in [0.05, 0.1) is 0 Å². The number of aromatic nitrogens is 1. The number of para-hydroxylation sites is 1. The Morgan fingerprint density at radius 3 is 2.32 bits per heavy atom. The SMILES string of the molecule is CC[n+]1c(C=CC=Cc2ccc(N(C)C)cc2)[se]c2ccccc21.[I-]. The largest absolute Gasteiger partial charge is 1.00 e. The first kappa shape index (κ1) is 20.0. The molecule has 0 saturated carbocycles. The monoisotopic (exact) mass is 510 g/mol. The molecule has 0 saturated heterocycles. The zero-order chi connectivity index (χ0) is 16.9. The average molecular weight is 509 g/mol. The Hall–Kier alpha value is -1.36. The molecule has 130 valence electrons. The van der Waals surface area contributed by atoms with E-state index in [1.54, 1.807) is 0 Å². The van der Waals surface area contributed by atoms with Gasteiger partial charge in [0.15, 0.2) is 0 Å². The molecule has 0 amide bonds. The summed E-state index contributed by atoms with van der Waals surface area (Å²) in [5.74, 6) is 0. The van der Waals surface area contributed by atoms with Gasteiger partial charge < -0.3 is 24.0 Å². The molecule has 25 heavy (non-hydrogen) atoms. The maximum absolute atomic E-state index is 2.42. The Labute approximate surface area is 173 Å². The van der Waals surface area contributed by atoms with Gasteiger partial charge in [0, 0.05) is 0 Å². The molecule has 4 heteroatoms. The van der Waals surface area contributed by atoms with E-state index in [9.17, 15) is 0 Å². The molecule has 0 spiro atoms. The van der Waals surface area contributed by atoms with E-state index < -0.39 is 0 Å². The van der Waals surface area contributed by atoms with Crippen LogP contribution in [0.3, 0.4) is 0 Å². The smallest absolute Gasteiger partial charge is 1.00 e. The molecule has 1 heterocycles. The summed E-state index contributed by atoms with van der Waals surface area (Å²) < 4.78 is 5.33. The fraction of sp³-hybridized carbons (Fsp3) is 0.190. The third-order valence-corrected chi connectivity index (χ3v) is 6.37. The zero-order valence-electron chi connectivity index (χ0n) is 14.8. The number of rotatable bonds is 5. The Bertz CT molecular complexity index is 877. The van der Waals surface area contributed by atoms with Crippen molar-refractivity contribution in [3.8, 4) is 0 Å². The molecule has 1 aromatic heterocycles. The first-order valence-electron chi connectivity index (χ1n) is 8.22. The van der Waals surface area contributed by atoms with Gasteiger partial charge in [-0.15, -0.1) is 0 Å². The van der Waals surface area contributed by atoms with Crippen LogP contribution in [0.15, 0.2) is 60.7 Å². The average Bonchev–Trinajstić information content (AvgIpc) is 2.96. The molecular formula is C21H23IN2Se. The molecular weight excluding hydrogens is 486 g/mol. The summed E-state index contributed by atoms with van der Waals surface area (Å²) in [7, 11) is 4.12. The van der Waals surface area contributed by atoms with Crippen LogP contribution in [0.25, 0.3) is 21.9 Å². The third-order valence-electron chi connectivity index (χ3n) is 4.00. The van der Waals surface area contributed by atoms with E-state index >= 15 is 0 Å². The van der Waals surface area contributed by atoms with Gasteiger partial charge in [0.2, 0.25) is 0 Å². The van der Waals surface area contributed by atoms with Crippen LogP contribution in [0, 0.1) is 0 Å². The van der Waals surface area contributed by atoms with E-state index in [-0.39, 0.29) is 24.0 Å². The normalized spacial score (nSPS) is 11.3. The van der Waals surface area contributed by atoms with E-state index in [1.165, 1.54) is 25.6 Å². The van der Waals surface area contributed by atoms with Crippen LogP contribution in [-0.2, 0) is 6.54 Å². The summed E-state index contributed by atoms with van der Waals surface area (Å²) in [5, 5.41) is 0. The molecule has 0 aliphatic carbocycles. The van der Waals surface area contributed by atoms with Crippen LogP contribution < -0.4 is 33.4 Å². The number of hydrogen-bond acceptors (Lipinski definition) is 1. The number of aryl methyl sites for hydroxylation is 1. The van der Waals surface area contributed by atoms with Crippen LogP contribution in [0.5, 0.6) is 0 Å². The first-order chi connectivity index (χ1) is 11.7. The van der Waals surface area contributed by atoms with Crippen LogP contribution >= 0.6 is 0 Å². The second-order valence-corrected chi connectivity index (χ2v) is 8.09. The van der Waals surface area contributed by atoms with Crippen molar-refractivity contribution in [2.75, 3.05) is 19.0 Å². The fourth-order valence-corrected chi connectivity index (χ4v) is 5.08. The number of allylic oxidation sites excluding steroid dienone is 2. The third kappa shape index (κ3) is 4.84. The Kier molecular flexibility index (Phi) is 7.48. The van der Waals surface area contributed by atoms with Crippen molar-refractivity contribution >= 4 is 42.1 Å². The molecule has 0 N–H and O–H groups in total. The molecule has 2 aromatic carbocycles. The molecule has 0 unspecified atom stereocenters. The number of hydrogen-bond donors (Lipinski definition) is 0. The van der Waals surface area contributed by atoms with Crippen LogP contribution in [0.4, 0.5) is 5.69 Å². The number of benzene rings is 2. The van der Waals surface area contributed by atoms with Crippen molar-refractivity contribution in [3.05, 3.63) is 70.8 Å². The van der Waals surface area contributed by atoms with Gasteiger partial charge in [-0.3, -0.25) is 0 Å². The Morgan fingerprint density at radius 1 is 0.960 bits per heavy atom. The molecule has 3 aromatic rings. The topological polar surface area (TPSA) is 7.12 Å². The van der Waals surface area contributed by atoms with Crippen LogP contribution in [0.2, 0.25) is 0 Å². The van der Waals surface area contributed by atoms with Gasteiger partial charge in [0.1, 0.15) is 0 Å². The van der Waals surface area contributed by atoms with Gasteiger partial charge in [-0.25, -0.2) is 0 Å². The van der Waals surface area contributed by atoms with Crippen molar-refractivity contribution in [3.63, 3.8) is 0 Å². The molecule has 0 bridgehead atoms. The molecule has 0 fully saturated rings. The maximum atomic E-state index is 2.42. The van der Waals surface area contributed by atoms with E-state index in [0.717, 1.165) is 6.54 Å². The minimum absolute atomic E-state index is 0. The summed E-state index contributed by atoms with van der Waals surface area (Å²) in [6.45, 7) is 3.24. The summed E-state index contributed by atoms with van der Waals surface area (Å²) in [6.07, 6.45) is 8.70. The van der Waals surface area contributed by atoms with Gasteiger partial charge in [0.25, 0.3) is 0 Å².